The summed E-state index contributed by atoms with van der Waals surface area (Å²) >= 11 is 0. The number of allylic oxidation sites excluding steroid dienone is 6. The monoisotopic (exact) mass is 334 g/mol. The SMILES string of the molecule is CCCCCCCC=CCCC=CCC=CCCCCCC(=O)O. The van der Waals surface area contributed by atoms with Gasteiger partial charge in [0.25, 0.3) is 0 Å². The molecule has 0 fully saturated rings. The van der Waals surface area contributed by atoms with Crippen LogP contribution in [-0.2, 0) is 4.79 Å². The predicted molar refractivity (Wildman–Crippen MR) is 105 cm³/mol. The second kappa shape index (κ2) is 19.7. The number of unbranched alkanes of at least 4 members (excludes halogenated alkanes) is 9. The van der Waals surface area contributed by atoms with Crippen molar-refractivity contribution in [2.75, 3.05) is 0 Å². The van der Waals surface area contributed by atoms with Crippen LogP contribution in [0.5, 0.6) is 0 Å². The van der Waals surface area contributed by atoms with Crippen molar-refractivity contribution >= 4 is 5.97 Å². The van der Waals surface area contributed by atoms with E-state index < -0.39 is 5.97 Å². The van der Waals surface area contributed by atoms with Crippen LogP contribution >= 0.6 is 0 Å². The maximum atomic E-state index is 10.4. The molecule has 0 aliphatic rings. The number of carbonyl (C=O) groups is 1. The van der Waals surface area contributed by atoms with Gasteiger partial charge in [0.2, 0.25) is 0 Å². The van der Waals surface area contributed by atoms with Crippen molar-refractivity contribution < 1.29 is 9.90 Å². The van der Waals surface area contributed by atoms with E-state index in [1.165, 1.54) is 38.5 Å². The zero-order chi connectivity index (χ0) is 17.7. The topological polar surface area (TPSA) is 37.3 Å². The Bertz CT molecular complexity index is 353. The second-order valence-electron chi connectivity index (χ2n) is 6.42. The molecule has 1 N–H and O–H groups in total. The van der Waals surface area contributed by atoms with Crippen LogP contribution in [0.25, 0.3) is 0 Å². The normalized spacial score (nSPS) is 12.0. The van der Waals surface area contributed by atoms with E-state index >= 15 is 0 Å². The molecular weight excluding hydrogens is 296 g/mol. The molecule has 0 aromatic heterocycles. The Labute approximate surface area is 149 Å². The molecule has 0 aromatic carbocycles. The van der Waals surface area contributed by atoms with Gasteiger partial charge in [-0.2, -0.15) is 0 Å². The Morgan fingerprint density at radius 1 is 0.667 bits per heavy atom. The summed E-state index contributed by atoms with van der Waals surface area (Å²) in [6.07, 6.45) is 29.2. The predicted octanol–water partition coefficient (Wildman–Crippen LogP) is 7.22. The maximum Gasteiger partial charge on any atom is 0.303 e. The summed E-state index contributed by atoms with van der Waals surface area (Å²) < 4.78 is 0. The number of hydrogen-bond acceptors (Lipinski definition) is 1. The summed E-state index contributed by atoms with van der Waals surface area (Å²) in [5, 5.41) is 8.53. The van der Waals surface area contributed by atoms with Gasteiger partial charge >= 0.3 is 5.97 Å². The highest BCUT2D eigenvalue weighted by molar-refractivity contribution is 5.66. The third kappa shape index (κ3) is 20.7. The van der Waals surface area contributed by atoms with Crippen molar-refractivity contribution in [3.8, 4) is 0 Å². The van der Waals surface area contributed by atoms with Crippen LogP contribution in [0.1, 0.15) is 96.8 Å². The molecule has 0 saturated heterocycles. The molecule has 2 heteroatoms. The van der Waals surface area contributed by atoms with Crippen molar-refractivity contribution in [3.63, 3.8) is 0 Å². The first-order chi connectivity index (χ1) is 11.8. The summed E-state index contributed by atoms with van der Waals surface area (Å²) in [5.41, 5.74) is 0. The van der Waals surface area contributed by atoms with E-state index in [-0.39, 0.29) is 0 Å². The molecule has 0 atom stereocenters. The van der Waals surface area contributed by atoms with Crippen LogP contribution in [0.4, 0.5) is 0 Å². The lowest BCUT2D eigenvalue weighted by Gasteiger charge is -1.96. The van der Waals surface area contributed by atoms with Crippen molar-refractivity contribution in [1.82, 2.24) is 0 Å². The summed E-state index contributed by atoms with van der Waals surface area (Å²) in [6, 6.07) is 0. The van der Waals surface area contributed by atoms with Gasteiger partial charge in [0.05, 0.1) is 0 Å². The van der Waals surface area contributed by atoms with E-state index in [2.05, 4.69) is 43.4 Å². The molecule has 0 amide bonds. The van der Waals surface area contributed by atoms with Crippen LogP contribution in [0.3, 0.4) is 0 Å². The molecular formula is C22H38O2. The highest BCUT2D eigenvalue weighted by atomic mass is 16.4. The molecule has 0 bridgehead atoms. The molecule has 0 saturated carbocycles. The number of aliphatic carboxylic acids is 1. The molecule has 0 aliphatic heterocycles. The zero-order valence-corrected chi connectivity index (χ0v) is 15.7. The van der Waals surface area contributed by atoms with Gasteiger partial charge < -0.3 is 5.11 Å². The van der Waals surface area contributed by atoms with Crippen LogP contribution < -0.4 is 0 Å². The first kappa shape index (κ1) is 22.7. The minimum Gasteiger partial charge on any atom is -0.481 e. The molecule has 0 aromatic rings. The van der Waals surface area contributed by atoms with E-state index in [4.69, 9.17) is 5.11 Å². The average Bonchev–Trinajstić information content (AvgIpc) is 2.56. The maximum absolute atomic E-state index is 10.4. The Balaban J connectivity index is 3.28. The van der Waals surface area contributed by atoms with Crippen LogP contribution in [0, 0.1) is 0 Å². The summed E-state index contributed by atoms with van der Waals surface area (Å²) in [7, 11) is 0. The third-order valence-corrected chi connectivity index (χ3v) is 4.01. The van der Waals surface area contributed by atoms with Crippen LogP contribution in [0.15, 0.2) is 36.5 Å². The fourth-order valence-corrected chi connectivity index (χ4v) is 2.52. The Hall–Kier alpha value is -1.31. The van der Waals surface area contributed by atoms with Gasteiger partial charge in [0.15, 0.2) is 0 Å². The molecule has 0 spiro atoms. The molecule has 0 aliphatic carbocycles. The van der Waals surface area contributed by atoms with E-state index in [9.17, 15) is 4.79 Å². The lowest BCUT2D eigenvalue weighted by molar-refractivity contribution is -0.137. The fourth-order valence-electron chi connectivity index (χ4n) is 2.52. The Kier molecular flexibility index (Phi) is 18.7. The molecule has 0 radical (unpaired) electrons. The van der Waals surface area contributed by atoms with Crippen LogP contribution in [-0.4, -0.2) is 11.1 Å². The van der Waals surface area contributed by atoms with Crippen molar-refractivity contribution in [3.05, 3.63) is 36.5 Å². The molecule has 2 nitrogen and oxygen atoms in total. The van der Waals surface area contributed by atoms with Gasteiger partial charge in [0, 0.05) is 6.42 Å². The van der Waals surface area contributed by atoms with Gasteiger partial charge in [-0.15, -0.1) is 0 Å². The highest BCUT2D eigenvalue weighted by Crippen LogP contribution is 2.06. The van der Waals surface area contributed by atoms with E-state index in [0.29, 0.717) is 6.42 Å². The zero-order valence-electron chi connectivity index (χ0n) is 15.7. The van der Waals surface area contributed by atoms with Crippen molar-refractivity contribution in [2.45, 2.75) is 96.8 Å². The van der Waals surface area contributed by atoms with Crippen LogP contribution in [0.2, 0.25) is 0 Å². The molecule has 0 heterocycles. The first-order valence-corrected chi connectivity index (χ1v) is 9.94. The average molecular weight is 335 g/mol. The largest absolute Gasteiger partial charge is 0.481 e. The van der Waals surface area contributed by atoms with Crippen molar-refractivity contribution in [2.24, 2.45) is 0 Å². The Morgan fingerprint density at radius 2 is 1.17 bits per heavy atom. The third-order valence-electron chi connectivity index (χ3n) is 4.01. The minimum absolute atomic E-state index is 0.305. The summed E-state index contributed by atoms with van der Waals surface area (Å²) in [4.78, 5) is 10.4. The molecule has 0 unspecified atom stereocenters. The first-order valence-electron chi connectivity index (χ1n) is 9.94. The molecule has 138 valence electrons. The number of rotatable bonds is 17. The molecule has 24 heavy (non-hydrogen) atoms. The lowest BCUT2D eigenvalue weighted by atomic mass is 10.1. The smallest absolute Gasteiger partial charge is 0.303 e. The quantitative estimate of drug-likeness (QED) is 0.225. The van der Waals surface area contributed by atoms with Gasteiger partial charge in [-0.25, -0.2) is 0 Å². The number of carboxylic acids is 1. The van der Waals surface area contributed by atoms with Gasteiger partial charge in [-0.05, 0) is 51.4 Å². The summed E-state index contributed by atoms with van der Waals surface area (Å²) in [5.74, 6) is -0.683. The Morgan fingerprint density at radius 3 is 1.79 bits per heavy atom. The van der Waals surface area contributed by atoms with E-state index in [1.54, 1.807) is 0 Å². The second-order valence-corrected chi connectivity index (χ2v) is 6.42. The van der Waals surface area contributed by atoms with Gasteiger partial charge in [-0.1, -0.05) is 75.5 Å². The van der Waals surface area contributed by atoms with Crippen molar-refractivity contribution in [1.29, 1.82) is 0 Å². The molecule has 0 rings (SSSR count). The van der Waals surface area contributed by atoms with Gasteiger partial charge in [0.1, 0.15) is 0 Å². The van der Waals surface area contributed by atoms with Gasteiger partial charge in [-0.3, -0.25) is 4.79 Å². The summed E-state index contributed by atoms with van der Waals surface area (Å²) in [6.45, 7) is 2.26. The van der Waals surface area contributed by atoms with E-state index in [1.807, 2.05) is 0 Å². The highest BCUT2D eigenvalue weighted by Gasteiger charge is 1.94. The van der Waals surface area contributed by atoms with E-state index in [0.717, 1.165) is 44.9 Å². The minimum atomic E-state index is -0.683. The number of hydrogen-bond donors (Lipinski definition) is 1. The number of carboxylic acid groups (broad SMARTS) is 1. The fraction of sp³-hybridized carbons (Fsp3) is 0.682. The standard InChI is InChI=1S/C22H38O2/c1-2-3-4-5-6-7-8-9-10-11-12-13-14-15-16-17-18-19-20-21-22(23)24/h8-9,12-13,15-16H,2-7,10-11,14,17-21H2,1H3,(H,23,24). The lowest BCUT2D eigenvalue weighted by Crippen LogP contribution is -1.93.